The van der Waals surface area contributed by atoms with Crippen LogP contribution in [-0.2, 0) is 6.54 Å². The average Bonchev–Trinajstić information content (AvgIpc) is 2.40. The van der Waals surface area contributed by atoms with Crippen LogP contribution < -0.4 is 10.6 Å². The molecule has 0 bridgehead atoms. The van der Waals surface area contributed by atoms with Crippen LogP contribution in [0.3, 0.4) is 0 Å². The molecule has 0 atom stereocenters. The van der Waals surface area contributed by atoms with Crippen molar-refractivity contribution in [2.45, 2.75) is 13.5 Å². The van der Waals surface area contributed by atoms with Crippen molar-refractivity contribution in [1.29, 1.82) is 5.26 Å². The monoisotopic (exact) mass is 253 g/mol. The van der Waals surface area contributed by atoms with E-state index in [4.69, 9.17) is 11.0 Å². The molecule has 1 aromatic heterocycles. The van der Waals surface area contributed by atoms with Gasteiger partial charge in [0.1, 0.15) is 11.8 Å². The van der Waals surface area contributed by atoms with Crippen LogP contribution in [0.4, 0.5) is 11.6 Å². The number of aryl methyl sites for hydroxylation is 1. The number of aromatic nitrogens is 2. The Balaban J connectivity index is 2.20. The molecule has 0 spiro atoms. The number of nitriles is 1. The van der Waals surface area contributed by atoms with Crippen LogP contribution in [0.25, 0.3) is 0 Å². The van der Waals surface area contributed by atoms with Gasteiger partial charge >= 0.3 is 0 Å². The Labute approximate surface area is 112 Å². The largest absolute Gasteiger partial charge is 0.399 e. The van der Waals surface area contributed by atoms with E-state index in [2.05, 4.69) is 9.97 Å². The fourth-order valence-corrected chi connectivity index (χ4v) is 1.75. The van der Waals surface area contributed by atoms with Gasteiger partial charge in [0.05, 0.1) is 0 Å². The van der Waals surface area contributed by atoms with Gasteiger partial charge in [-0.3, -0.25) is 0 Å². The third-order valence-corrected chi connectivity index (χ3v) is 2.70. The maximum Gasteiger partial charge on any atom is 0.226 e. The van der Waals surface area contributed by atoms with Gasteiger partial charge in [0.25, 0.3) is 0 Å². The number of nitrogens with zero attached hydrogens (tertiary/aromatic N) is 4. The van der Waals surface area contributed by atoms with Crippen molar-refractivity contribution in [1.82, 2.24) is 9.97 Å². The Morgan fingerprint density at radius 1 is 1.26 bits per heavy atom. The van der Waals surface area contributed by atoms with Crippen molar-refractivity contribution in [2.24, 2.45) is 0 Å². The molecule has 0 saturated heterocycles. The molecular formula is C14H15N5. The minimum absolute atomic E-state index is 0.381. The summed E-state index contributed by atoms with van der Waals surface area (Å²) in [6.07, 6.45) is 0. The van der Waals surface area contributed by atoms with Gasteiger partial charge in [-0.25, -0.2) is 9.97 Å². The standard InChI is InChI=1S/C14H15N5/c1-10-7-13(8-15)18-14(17-10)19(2)9-11-3-5-12(16)6-4-11/h3-7H,9,16H2,1-2H3. The molecule has 0 unspecified atom stereocenters. The van der Waals surface area contributed by atoms with Crippen LogP contribution >= 0.6 is 0 Å². The van der Waals surface area contributed by atoms with Crippen LogP contribution in [-0.4, -0.2) is 17.0 Å². The molecule has 2 N–H and O–H groups in total. The minimum Gasteiger partial charge on any atom is -0.399 e. The van der Waals surface area contributed by atoms with E-state index in [-0.39, 0.29) is 0 Å². The lowest BCUT2D eigenvalue weighted by molar-refractivity contribution is 0.856. The van der Waals surface area contributed by atoms with Gasteiger partial charge in [-0.1, -0.05) is 12.1 Å². The lowest BCUT2D eigenvalue weighted by atomic mass is 10.2. The van der Waals surface area contributed by atoms with Crippen LogP contribution in [0.15, 0.2) is 30.3 Å². The number of nitrogens with two attached hydrogens (primary N) is 1. The maximum absolute atomic E-state index is 8.92. The first-order valence-corrected chi connectivity index (χ1v) is 5.90. The van der Waals surface area contributed by atoms with Crippen molar-refractivity contribution in [3.8, 4) is 6.07 Å². The minimum atomic E-state index is 0.381. The Hall–Kier alpha value is -2.61. The molecule has 0 aliphatic heterocycles. The molecule has 0 fully saturated rings. The lowest BCUT2D eigenvalue weighted by Gasteiger charge is -2.17. The molecule has 2 aromatic rings. The molecule has 2 rings (SSSR count). The summed E-state index contributed by atoms with van der Waals surface area (Å²) in [4.78, 5) is 10.4. The highest BCUT2D eigenvalue weighted by molar-refractivity contribution is 5.41. The maximum atomic E-state index is 8.92. The van der Waals surface area contributed by atoms with Crippen LogP contribution in [0, 0.1) is 18.3 Å². The summed E-state index contributed by atoms with van der Waals surface area (Å²) >= 11 is 0. The molecule has 0 radical (unpaired) electrons. The van der Waals surface area contributed by atoms with E-state index >= 15 is 0 Å². The van der Waals surface area contributed by atoms with Crippen molar-refractivity contribution in [2.75, 3.05) is 17.7 Å². The molecule has 19 heavy (non-hydrogen) atoms. The second-order valence-corrected chi connectivity index (χ2v) is 4.40. The lowest BCUT2D eigenvalue weighted by Crippen LogP contribution is -2.19. The molecule has 5 nitrogen and oxygen atoms in total. The number of nitrogen functional groups attached to an aromatic ring is 1. The van der Waals surface area contributed by atoms with Gasteiger partial charge in [0, 0.05) is 25.0 Å². The summed E-state index contributed by atoms with van der Waals surface area (Å²) in [7, 11) is 1.90. The van der Waals surface area contributed by atoms with Crippen LogP contribution in [0.5, 0.6) is 0 Å². The van der Waals surface area contributed by atoms with E-state index in [9.17, 15) is 0 Å². The fraction of sp³-hybridized carbons (Fsp3) is 0.214. The molecular weight excluding hydrogens is 238 g/mol. The summed E-state index contributed by atoms with van der Waals surface area (Å²) in [6.45, 7) is 2.51. The Bertz CT molecular complexity index is 613. The zero-order valence-electron chi connectivity index (χ0n) is 11.0. The molecule has 5 heteroatoms. The molecule has 0 aliphatic carbocycles. The predicted octanol–water partition coefficient (Wildman–Crippen LogP) is 1.88. The Morgan fingerprint density at radius 3 is 2.58 bits per heavy atom. The smallest absolute Gasteiger partial charge is 0.226 e. The second-order valence-electron chi connectivity index (χ2n) is 4.40. The van der Waals surface area contributed by atoms with Gasteiger partial charge in [-0.15, -0.1) is 0 Å². The summed E-state index contributed by atoms with van der Waals surface area (Å²) in [5, 5.41) is 8.92. The zero-order valence-corrected chi connectivity index (χ0v) is 11.0. The van der Waals surface area contributed by atoms with E-state index in [0.29, 0.717) is 18.2 Å². The van der Waals surface area contributed by atoms with Crippen molar-refractivity contribution < 1.29 is 0 Å². The highest BCUT2D eigenvalue weighted by Crippen LogP contribution is 2.13. The average molecular weight is 253 g/mol. The first-order valence-electron chi connectivity index (χ1n) is 5.90. The van der Waals surface area contributed by atoms with E-state index in [1.165, 1.54) is 0 Å². The first kappa shape index (κ1) is 12.8. The number of anilines is 2. The quantitative estimate of drug-likeness (QED) is 0.845. The number of hydrogen-bond acceptors (Lipinski definition) is 5. The SMILES string of the molecule is Cc1cc(C#N)nc(N(C)Cc2ccc(N)cc2)n1. The molecule has 1 aromatic carbocycles. The molecule has 1 heterocycles. The van der Waals surface area contributed by atoms with Gasteiger partial charge < -0.3 is 10.6 Å². The number of benzene rings is 1. The second kappa shape index (κ2) is 5.36. The van der Waals surface area contributed by atoms with Gasteiger partial charge in [0.2, 0.25) is 5.95 Å². The summed E-state index contributed by atoms with van der Waals surface area (Å²) in [5.74, 6) is 0.549. The Kier molecular flexibility index (Phi) is 3.62. The normalized spacial score (nSPS) is 9.95. The predicted molar refractivity (Wildman–Crippen MR) is 74.4 cm³/mol. The molecule has 0 aliphatic rings. The summed E-state index contributed by atoms with van der Waals surface area (Å²) in [6, 6.07) is 11.4. The third kappa shape index (κ3) is 3.19. The summed E-state index contributed by atoms with van der Waals surface area (Å²) < 4.78 is 0. The van der Waals surface area contributed by atoms with Crippen molar-refractivity contribution in [3.05, 3.63) is 47.3 Å². The van der Waals surface area contributed by atoms with Gasteiger partial charge in [0.15, 0.2) is 0 Å². The van der Waals surface area contributed by atoms with Crippen molar-refractivity contribution in [3.63, 3.8) is 0 Å². The molecule has 0 amide bonds. The topological polar surface area (TPSA) is 78.8 Å². The van der Waals surface area contributed by atoms with E-state index in [1.807, 2.05) is 49.2 Å². The van der Waals surface area contributed by atoms with E-state index in [0.717, 1.165) is 16.9 Å². The number of hydrogen-bond donors (Lipinski definition) is 1. The Morgan fingerprint density at radius 2 is 1.95 bits per heavy atom. The molecule has 0 saturated carbocycles. The third-order valence-electron chi connectivity index (χ3n) is 2.70. The van der Waals surface area contributed by atoms with Crippen LogP contribution in [0.2, 0.25) is 0 Å². The zero-order chi connectivity index (χ0) is 13.8. The number of rotatable bonds is 3. The first-order chi connectivity index (χ1) is 9.08. The van der Waals surface area contributed by atoms with E-state index in [1.54, 1.807) is 6.07 Å². The highest BCUT2D eigenvalue weighted by Gasteiger charge is 2.07. The van der Waals surface area contributed by atoms with Gasteiger partial charge in [-0.05, 0) is 30.7 Å². The fourth-order valence-electron chi connectivity index (χ4n) is 1.75. The highest BCUT2D eigenvalue weighted by atomic mass is 15.2. The van der Waals surface area contributed by atoms with E-state index < -0.39 is 0 Å². The van der Waals surface area contributed by atoms with Crippen molar-refractivity contribution >= 4 is 11.6 Å². The van der Waals surface area contributed by atoms with Gasteiger partial charge in [-0.2, -0.15) is 5.26 Å². The van der Waals surface area contributed by atoms with Crippen LogP contribution in [0.1, 0.15) is 17.0 Å². The summed E-state index contributed by atoms with van der Waals surface area (Å²) in [5.41, 5.74) is 8.67. The molecule has 96 valence electrons.